The summed E-state index contributed by atoms with van der Waals surface area (Å²) in [5.41, 5.74) is 6.94. The molecule has 3 N–H and O–H groups in total. The molecule has 1 fully saturated rings. The average molecular weight is 207 g/mol. The molecule has 1 aliphatic rings. The molecule has 1 aliphatic heterocycles. The maximum absolute atomic E-state index is 9.49. The Balaban J connectivity index is 2.27. The monoisotopic (exact) mass is 207 g/mol. The Morgan fingerprint density at radius 1 is 1.67 bits per heavy atom. The van der Waals surface area contributed by atoms with Gasteiger partial charge in [-0.05, 0) is 19.4 Å². The predicted molar refractivity (Wildman–Crippen MR) is 59.7 cm³/mol. The van der Waals surface area contributed by atoms with Crippen molar-refractivity contribution in [3.8, 4) is 0 Å². The fourth-order valence-corrected chi connectivity index (χ4v) is 1.96. The Bertz CT molecular complexity index is 340. The number of hydrogen-bond acceptors (Lipinski definition) is 4. The van der Waals surface area contributed by atoms with Crippen molar-refractivity contribution in [1.29, 1.82) is 0 Å². The molecule has 4 nitrogen and oxygen atoms in total. The summed E-state index contributed by atoms with van der Waals surface area (Å²) in [6.45, 7) is 3.47. The molecule has 2 rings (SSSR count). The zero-order valence-electron chi connectivity index (χ0n) is 8.93. The summed E-state index contributed by atoms with van der Waals surface area (Å²) in [6, 6.07) is 3.87. The van der Waals surface area contributed by atoms with Crippen LogP contribution in [0.2, 0.25) is 0 Å². The van der Waals surface area contributed by atoms with Crippen molar-refractivity contribution in [2.24, 2.45) is 5.73 Å². The number of anilines is 1. The molecule has 82 valence electrons. The molecular formula is C11H17N3O. The lowest BCUT2D eigenvalue weighted by Gasteiger charge is -2.21. The van der Waals surface area contributed by atoms with Crippen molar-refractivity contribution in [3.05, 3.63) is 23.9 Å². The Hall–Kier alpha value is -1.13. The van der Waals surface area contributed by atoms with E-state index in [1.807, 2.05) is 19.1 Å². The first kappa shape index (κ1) is 10.4. The molecule has 0 aromatic carbocycles. The second-order valence-corrected chi connectivity index (χ2v) is 4.09. The van der Waals surface area contributed by atoms with Crippen LogP contribution in [0.4, 0.5) is 5.82 Å². The minimum absolute atomic E-state index is 0.0218. The SMILES string of the molecule is CC(N)c1cccnc1N1CCC(O)C1. The van der Waals surface area contributed by atoms with Gasteiger partial charge in [0.05, 0.1) is 6.10 Å². The number of nitrogens with two attached hydrogens (primary N) is 1. The van der Waals surface area contributed by atoms with Crippen LogP contribution in [-0.4, -0.2) is 29.3 Å². The van der Waals surface area contributed by atoms with Crippen molar-refractivity contribution in [1.82, 2.24) is 4.98 Å². The van der Waals surface area contributed by atoms with Crippen molar-refractivity contribution in [2.75, 3.05) is 18.0 Å². The summed E-state index contributed by atoms with van der Waals surface area (Å²) in [7, 11) is 0. The molecular weight excluding hydrogens is 190 g/mol. The largest absolute Gasteiger partial charge is 0.391 e. The Morgan fingerprint density at radius 2 is 2.47 bits per heavy atom. The smallest absolute Gasteiger partial charge is 0.133 e. The molecule has 4 heteroatoms. The van der Waals surface area contributed by atoms with E-state index in [-0.39, 0.29) is 12.1 Å². The topological polar surface area (TPSA) is 62.4 Å². The predicted octanol–water partition coefficient (Wildman–Crippen LogP) is 0.672. The van der Waals surface area contributed by atoms with E-state index in [9.17, 15) is 5.11 Å². The highest BCUT2D eigenvalue weighted by atomic mass is 16.3. The Morgan fingerprint density at radius 3 is 3.07 bits per heavy atom. The van der Waals surface area contributed by atoms with Crippen LogP contribution in [0, 0.1) is 0 Å². The van der Waals surface area contributed by atoms with Gasteiger partial charge in [0.1, 0.15) is 5.82 Å². The summed E-state index contributed by atoms with van der Waals surface area (Å²) in [4.78, 5) is 6.45. The maximum Gasteiger partial charge on any atom is 0.133 e. The van der Waals surface area contributed by atoms with Gasteiger partial charge >= 0.3 is 0 Å². The van der Waals surface area contributed by atoms with Gasteiger partial charge in [-0.25, -0.2) is 4.98 Å². The normalized spacial score (nSPS) is 23.1. The molecule has 1 saturated heterocycles. The zero-order valence-corrected chi connectivity index (χ0v) is 8.93. The molecule has 2 atom stereocenters. The number of hydrogen-bond donors (Lipinski definition) is 2. The van der Waals surface area contributed by atoms with Crippen LogP contribution in [0.3, 0.4) is 0 Å². The van der Waals surface area contributed by atoms with Crippen LogP contribution in [-0.2, 0) is 0 Å². The number of aliphatic hydroxyl groups is 1. The first-order chi connectivity index (χ1) is 7.18. The molecule has 0 spiro atoms. The van der Waals surface area contributed by atoms with Crippen LogP contribution >= 0.6 is 0 Å². The lowest BCUT2D eigenvalue weighted by atomic mass is 10.1. The van der Waals surface area contributed by atoms with Gasteiger partial charge in [0.2, 0.25) is 0 Å². The number of pyridine rings is 1. The van der Waals surface area contributed by atoms with Crippen LogP contribution in [0.1, 0.15) is 24.9 Å². The second kappa shape index (κ2) is 4.16. The molecule has 2 unspecified atom stereocenters. The van der Waals surface area contributed by atoms with Crippen molar-refractivity contribution in [2.45, 2.75) is 25.5 Å². The lowest BCUT2D eigenvalue weighted by Crippen LogP contribution is -2.24. The van der Waals surface area contributed by atoms with E-state index in [4.69, 9.17) is 5.73 Å². The Kier molecular flexibility index (Phi) is 2.88. The van der Waals surface area contributed by atoms with Gasteiger partial charge in [-0.3, -0.25) is 0 Å². The fraction of sp³-hybridized carbons (Fsp3) is 0.545. The minimum atomic E-state index is -0.229. The number of aliphatic hydroxyl groups excluding tert-OH is 1. The summed E-state index contributed by atoms with van der Waals surface area (Å²) < 4.78 is 0. The first-order valence-electron chi connectivity index (χ1n) is 5.32. The molecule has 0 aliphatic carbocycles. The van der Waals surface area contributed by atoms with E-state index in [1.165, 1.54) is 0 Å². The van der Waals surface area contributed by atoms with Gasteiger partial charge in [0.25, 0.3) is 0 Å². The van der Waals surface area contributed by atoms with Crippen LogP contribution < -0.4 is 10.6 Å². The molecule has 1 aromatic rings. The molecule has 2 heterocycles. The van der Waals surface area contributed by atoms with E-state index in [1.54, 1.807) is 6.20 Å². The van der Waals surface area contributed by atoms with E-state index < -0.39 is 0 Å². The maximum atomic E-state index is 9.49. The van der Waals surface area contributed by atoms with E-state index in [0.29, 0.717) is 6.54 Å². The number of rotatable bonds is 2. The van der Waals surface area contributed by atoms with E-state index in [0.717, 1.165) is 24.3 Å². The number of aromatic nitrogens is 1. The van der Waals surface area contributed by atoms with Crippen LogP contribution in [0.15, 0.2) is 18.3 Å². The summed E-state index contributed by atoms with van der Waals surface area (Å²) in [5, 5.41) is 9.49. The molecule has 15 heavy (non-hydrogen) atoms. The van der Waals surface area contributed by atoms with Gasteiger partial charge in [-0.15, -0.1) is 0 Å². The summed E-state index contributed by atoms with van der Waals surface area (Å²) in [5.74, 6) is 0.920. The van der Waals surface area contributed by atoms with Crippen molar-refractivity contribution >= 4 is 5.82 Å². The minimum Gasteiger partial charge on any atom is -0.391 e. The average Bonchev–Trinajstić information content (AvgIpc) is 2.65. The quantitative estimate of drug-likeness (QED) is 0.748. The molecule has 0 bridgehead atoms. The standard InChI is InChI=1S/C11H17N3O/c1-8(12)10-3-2-5-13-11(10)14-6-4-9(15)7-14/h2-3,5,8-9,15H,4,6-7,12H2,1H3. The summed E-state index contributed by atoms with van der Waals surface area (Å²) >= 11 is 0. The third-order valence-electron chi connectivity index (χ3n) is 2.77. The lowest BCUT2D eigenvalue weighted by molar-refractivity contribution is 0.198. The molecule has 0 saturated carbocycles. The van der Waals surface area contributed by atoms with Crippen LogP contribution in [0.5, 0.6) is 0 Å². The second-order valence-electron chi connectivity index (χ2n) is 4.09. The van der Waals surface area contributed by atoms with Crippen molar-refractivity contribution in [3.63, 3.8) is 0 Å². The van der Waals surface area contributed by atoms with E-state index in [2.05, 4.69) is 9.88 Å². The van der Waals surface area contributed by atoms with Crippen molar-refractivity contribution < 1.29 is 5.11 Å². The number of β-amino-alcohol motifs (C(OH)–C–C–N with tert-alkyl or cyclic N) is 1. The third kappa shape index (κ3) is 2.11. The molecule has 0 amide bonds. The van der Waals surface area contributed by atoms with Gasteiger partial charge < -0.3 is 15.7 Å². The molecule has 0 radical (unpaired) electrons. The Labute approximate surface area is 89.7 Å². The van der Waals surface area contributed by atoms with Gasteiger partial charge in [-0.2, -0.15) is 0 Å². The highest BCUT2D eigenvalue weighted by molar-refractivity contribution is 5.49. The zero-order chi connectivity index (χ0) is 10.8. The van der Waals surface area contributed by atoms with Gasteiger partial charge in [0, 0.05) is 30.9 Å². The van der Waals surface area contributed by atoms with E-state index >= 15 is 0 Å². The summed E-state index contributed by atoms with van der Waals surface area (Å²) in [6.07, 6.45) is 2.36. The molecule has 1 aromatic heterocycles. The highest BCUT2D eigenvalue weighted by Gasteiger charge is 2.23. The van der Waals surface area contributed by atoms with Gasteiger partial charge in [-0.1, -0.05) is 6.07 Å². The first-order valence-corrected chi connectivity index (χ1v) is 5.32. The van der Waals surface area contributed by atoms with Crippen LogP contribution in [0.25, 0.3) is 0 Å². The number of nitrogens with zero attached hydrogens (tertiary/aromatic N) is 2. The highest BCUT2D eigenvalue weighted by Crippen LogP contribution is 2.25. The fourth-order valence-electron chi connectivity index (χ4n) is 1.96. The third-order valence-corrected chi connectivity index (χ3v) is 2.77. The van der Waals surface area contributed by atoms with Gasteiger partial charge in [0.15, 0.2) is 0 Å².